The molecule has 2 aromatic carbocycles. The number of halogens is 3. The van der Waals surface area contributed by atoms with E-state index in [-0.39, 0.29) is 11.1 Å². The quantitative estimate of drug-likeness (QED) is 0.850. The molecule has 2 aromatic rings. The van der Waals surface area contributed by atoms with Gasteiger partial charge in [-0.25, -0.2) is 0 Å². The fourth-order valence-electron chi connectivity index (χ4n) is 2.20. The van der Waals surface area contributed by atoms with Gasteiger partial charge in [-0.1, -0.05) is 36.4 Å². The summed E-state index contributed by atoms with van der Waals surface area (Å²) in [6.07, 6.45) is -4.01. The zero-order valence-corrected chi connectivity index (χ0v) is 12.1. The van der Waals surface area contributed by atoms with Crippen molar-refractivity contribution in [2.75, 3.05) is 0 Å². The maximum absolute atomic E-state index is 13.3. The fraction of sp³-hybridized carbons (Fsp3) is 0.176. The lowest BCUT2D eigenvalue weighted by Crippen LogP contribution is -2.12. The molecule has 0 aliphatic carbocycles. The zero-order valence-electron chi connectivity index (χ0n) is 12.1. The minimum Gasteiger partial charge on any atom is -0.481 e. The van der Waals surface area contributed by atoms with Crippen molar-refractivity contribution in [2.24, 2.45) is 0 Å². The number of hydrogen-bond donors (Lipinski definition) is 1. The summed E-state index contributed by atoms with van der Waals surface area (Å²) in [5, 5.41) is 8.96. The number of rotatable bonds is 4. The Morgan fingerprint density at radius 2 is 1.74 bits per heavy atom. The topological polar surface area (TPSA) is 54.4 Å². The third kappa shape index (κ3) is 3.59. The molecule has 1 N–H and O–H groups in total. The van der Waals surface area contributed by atoms with Gasteiger partial charge < -0.3 is 5.11 Å². The van der Waals surface area contributed by atoms with Crippen molar-refractivity contribution in [3.8, 4) is 11.1 Å². The Morgan fingerprint density at radius 1 is 1.13 bits per heavy atom. The molecule has 3 nitrogen and oxygen atoms in total. The molecule has 0 aromatic heterocycles. The largest absolute Gasteiger partial charge is 0.481 e. The Bertz CT molecular complexity index is 734. The summed E-state index contributed by atoms with van der Waals surface area (Å²) in [7, 11) is 0. The van der Waals surface area contributed by atoms with Crippen LogP contribution in [0.1, 0.15) is 34.3 Å². The maximum atomic E-state index is 13.3. The van der Waals surface area contributed by atoms with E-state index in [4.69, 9.17) is 5.11 Å². The van der Waals surface area contributed by atoms with Gasteiger partial charge in [0.25, 0.3) is 0 Å². The highest BCUT2D eigenvalue weighted by Gasteiger charge is 2.34. The van der Waals surface area contributed by atoms with Crippen LogP contribution in [0.5, 0.6) is 0 Å². The van der Waals surface area contributed by atoms with Crippen molar-refractivity contribution in [1.29, 1.82) is 0 Å². The number of aldehydes is 1. The number of carbonyl (C=O) groups is 2. The van der Waals surface area contributed by atoms with Crippen LogP contribution >= 0.6 is 0 Å². The van der Waals surface area contributed by atoms with Crippen molar-refractivity contribution >= 4 is 12.3 Å². The molecule has 0 bridgehead atoms. The summed E-state index contributed by atoms with van der Waals surface area (Å²) in [5.74, 6) is -2.23. The second kappa shape index (κ2) is 6.24. The van der Waals surface area contributed by atoms with E-state index < -0.39 is 23.6 Å². The zero-order chi connectivity index (χ0) is 17.2. The van der Waals surface area contributed by atoms with Crippen molar-refractivity contribution in [3.05, 3.63) is 59.2 Å². The van der Waals surface area contributed by atoms with Crippen LogP contribution in [0.4, 0.5) is 13.2 Å². The van der Waals surface area contributed by atoms with Gasteiger partial charge in [0.1, 0.15) is 6.29 Å². The predicted molar refractivity (Wildman–Crippen MR) is 78.3 cm³/mol. The Kier molecular flexibility index (Phi) is 4.54. The average Bonchev–Trinajstić information content (AvgIpc) is 2.52. The molecule has 0 heterocycles. The Labute approximate surface area is 130 Å². The van der Waals surface area contributed by atoms with Crippen LogP contribution < -0.4 is 0 Å². The Morgan fingerprint density at radius 3 is 2.22 bits per heavy atom. The first kappa shape index (κ1) is 16.7. The van der Waals surface area contributed by atoms with E-state index in [9.17, 15) is 22.8 Å². The van der Waals surface area contributed by atoms with Gasteiger partial charge >= 0.3 is 12.1 Å². The van der Waals surface area contributed by atoms with Crippen molar-refractivity contribution in [3.63, 3.8) is 0 Å². The molecule has 120 valence electrons. The number of carbonyl (C=O) groups excluding carboxylic acids is 1. The van der Waals surface area contributed by atoms with Gasteiger partial charge in [-0.05, 0) is 29.7 Å². The SMILES string of the molecule is CC(C(=O)O)c1ccc(-c2ccc(C=O)cc2)c(C(F)(F)F)c1. The molecule has 0 saturated heterocycles. The Hall–Kier alpha value is -2.63. The summed E-state index contributed by atoms with van der Waals surface area (Å²) in [5.41, 5.74) is -0.216. The standard InChI is InChI=1S/C17H13F3O3/c1-10(16(22)23)13-6-7-14(15(8-13)17(18,19)20)12-4-2-11(9-21)3-5-12/h2-10H,1H3,(H,22,23). The molecule has 23 heavy (non-hydrogen) atoms. The van der Waals surface area contributed by atoms with Crippen LogP contribution in [-0.2, 0) is 11.0 Å². The Balaban J connectivity index is 2.58. The van der Waals surface area contributed by atoms with Crippen LogP contribution in [0.2, 0.25) is 0 Å². The van der Waals surface area contributed by atoms with Crippen molar-refractivity contribution in [1.82, 2.24) is 0 Å². The highest BCUT2D eigenvalue weighted by atomic mass is 19.4. The first-order valence-corrected chi connectivity index (χ1v) is 6.73. The molecular formula is C17H13F3O3. The van der Waals surface area contributed by atoms with Gasteiger partial charge in [0.2, 0.25) is 0 Å². The summed E-state index contributed by atoms with van der Waals surface area (Å²) >= 11 is 0. The highest BCUT2D eigenvalue weighted by Crippen LogP contribution is 2.38. The molecule has 2 rings (SSSR count). The van der Waals surface area contributed by atoms with Crippen molar-refractivity contribution < 1.29 is 27.9 Å². The van der Waals surface area contributed by atoms with Gasteiger partial charge in [-0.2, -0.15) is 13.2 Å². The summed E-state index contributed by atoms with van der Waals surface area (Å²) in [6.45, 7) is 1.33. The van der Waals surface area contributed by atoms with E-state index in [2.05, 4.69) is 0 Å². The molecule has 0 fully saturated rings. The van der Waals surface area contributed by atoms with Gasteiger partial charge in [0.15, 0.2) is 0 Å². The summed E-state index contributed by atoms with van der Waals surface area (Å²) in [6, 6.07) is 9.20. The average molecular weight is 322 g/mol. The van der Waals surface area contributed by atoms with Crippen LogP contribution in [0.3, 0.4) is 0 Å². The normalized spacial score (nSPS) is 12.7. The molecule has 6 heteroatoms. The number of carboxylic acids is 1. The molecule has 0 saturated carbocycles. The first-order chi connectivity index (χ1) is 10.7. The second-order valence-corrected chi connectivity index (χ2v) is 5.10. The van der Waals surface area contributed by atoms with E-state index in [1.54, 1.807) is 0 Å². The lowest BCUT2D eigenvalue weighted by atomic mass is 9.92. The molecule has 1 atom stereocenters. The van der Waals surface area contributed by atoms with Gasteiger partial charge in [0, 0.05) is 5.56 Å². The number of carboxylic acid groups (broad SMARTS) is 1. The molecule has 0 radical (unpaired) electrons. The maximum Gasteiger partial charge on any atom is 0.417 e. The number of benzene rings is 2. The third-order valence-electron chi connectivity index (χ3n) is 3.58. The second-order valence-electron chi connectivity index (χ2n) is 5.10. The summed E-state index contributed by atoms with van der Waals surface area (Å²) in [4.78, 5) is 21.6. The third-order valence-corrected chi connectivity index (χ3v) is 3.58. The van der Waals surface area contributed by atoms with E-state index in [1.165, 1.54) is 43.3 Å². The number of aliphatic carboxylic acids is 1. The molecule has 0 aliphatic rings. The van der Waals surface area contributed by atoms with Crippen LogP contribution in [-0.4, -0.2) is 17.4 Å². The van der Waals surface area contributed by atoms with Crippen LogP contribution in [0, 0.1) is 0 Å². The van der Waals surface area contributed by atoms with Crippen LogP contribution in [0.15, 0.2) is 42.5 Å². The lowest BCUT2D eigenvalue weighted by molar-refractivity contribution is -0.139. The molecular weight excluding hydrogens is 309 g/mol. The monoisotopic (exact) mass is 322 g/mol. The molecule has 0 amide bonds. The molecule has 1 unspecified atom stereocenters. The van der Waals surface area contributed by atoms with E-state index in [0.717, 1.165) is 6.07 Å². The van der Waals surface area contributed by atoms with E-state index in [1.807, 2.05) is 0 Å². The lowest BCUT2D eigenvalue weighted by Gasteiger charge is -2.16. The fourth-order valence-corrected chi connectivity index (χ4v) is 2.20. The smallest absolute Gasteiger partial charge is 0.417 e. The highest BCUT2D eigenvalue weighted by molar-refractivity contribution is 5.79. The first-order valence-electron chi connectivity index (χ1n) is 6.73. The molecule has 0 aliphatic heterocycles. The minimum atomic E-state index is -4.62. The number of alkyl halides is 3. The van der Waals surface area contributed by atoms with E-state index in [0.29, 0.717) is 17.4 Å². The van der Waals surface area contributed by atoms with Crippen LogP contribution in [0.25, 0.3) is 11.1 Å². The van der Waals surface area contributed by atoms with E-state index >= 15 is 0 Å². The summed E-state index contributed by atoms with van der Waals surface area (Å²) < 4.78 is 40.0. The minimum absolute atomic E-state index is 0.0590. The van der Waals surface area contributed by atoms with Gasteiger partial charge in [0.05, 0.1) is 11.5 Å². The van der Waals surface area contributed by atoms with Crippen molar-refractivity contribution in [2.45, 2.75) is 19.0 Å². The molecule has 0 spiro atoms. The van der Waals surface area contributed by atoms with Gasteiger partial charge in [-0.15, -0.1) is 0 Å². The van der Waals surface area contributed by atoms with Gasteiger partial charge in [-0.3, -0.25) is 9.59 Å². The number of hydrogen-bond acceptors (Lipinski definition) is 2. The predicted octanol–water partition coefficient (Wildman–Crippen LogP) is 4.37.